The minimum atomic E-state index is -1.45. The lowest BCUT2D eigenvalue weighted by Gasteiger charge is -2.32. The zero-order valence-corrected chi connectivity index (χ0v) is 17.2. The van der Waals surface area contributed by atoms with Crippen LogP contribution in [0, 0.1) is 0 Å². The van der Waals surface area contributed by atoms with E-state index in [0.717, 1.165) is 6.61 Å². The van der Waals surface area contributed by atoms with Gasteiger partial charge in [0.15, 0.2) is 8.32 Å². The van der Waals surface area contributed by atoms with Crippen LogP contribution >= 0.6 is 0 Å². The molecule has 0 saturated carbocycles. The molecule has 0 aliphatic carbocycles. The van der Waals surface area contributed by atoms with Gasteiger partial charge >= 0.3 is 0 Å². The minimum absolute atomic E-state index is 0.946. The summed E-state index contributed by atoms with van der Waals surface area (Å²) in [5.74, 6) is 0. The molecule has 0 unspecified atom stereocenters. The lowest BCUT2D eigenvalue weighted by Crippen LogP contribution is -2.38. The maximum absolute atomic E-state index is 6.51. The second-order valence-electron chi connectivity index (χ2n) is 7.05. The fourth-order valence-corrected chi connectivity index (χ4v) is 8.00. The highest BCUT2D eigenvalue weighted by Gasteiger charge is 2.32. The summed E-state index contributed by atoms with van der Waals surface area (Å²) in [5.41, 5.74) is 0. The van der Waals surface area contributed by atoms with Crippen molar-refractivity contribution in [3.05, 3.63) is 0 Å². The van der Waals surface area contributed by atoms with E-state index in [0.29, 0.717) is 0 Å². The molecule has 0 amide bonds. The third-order valence-corrected chi connectivity index (χ3v) is 9.60. The van der Waals surface area contributed by atoms with Gasteiger partial charge in [0.1, 0.15) is 0 Å². The van der Waals surface area contributed by atoms with E-state index in [1.54, 1.807) is 0 Å². The monoisotopic (exact) mass is 328 g/mol. The van der Waals surface area contributed by atoms with Gasteiger partial charge in [0.25, 0.3) is 0 Å². The fourth-order valence-electron chi connectivity index (χ4n) is 3.52. The Labute approximate surface area is 142 Å². The quantitative estimate of drug-likeness (QED) is 0.196. The molecule has 0 aromatic heterocycles. The van der Waals surface area contributed by atoms with Crippen molar-refractivity contribution in [3.63, 3.8) is 0 Å². The fraction of sp³-hybridized carbons (Fsp3) is 1.00. The summed E-state index contributed by atoms with van der Waals surface area (Å²) >= 11 is 0. The molecule has 134 valence electrons. The first-order chi connectivity index (χ1) is 10.7. The van der Waals surface area contributed by atoms with E-state index in [-0.39, 0.29) is 0 Å². The Morgan fingerprint density at radius 2 is 0.864 bits per heavy atom. The van der Waals surface area contributed by atoms with Gasteiger partial charge in [-0.3, -0.25) is 0 Å². The third-order valence-electron chi connectivity index (χ3n) is 4.91. The van der Waals surface area contributed by atoms with Crippen molar-refractivity contribution >= 4 is 8.32 Å². The Hall–Kier alpha value is 0.177. The lowest BCUT2D eigenvalue weighted by molar-refractivity contribution is 0.313. The molecule has 0 radical (unpaired) electrons. The Morgan fingerprint density at radius 1 is 0.500 bits per heavy atom. The summed E-state index contributed by atoms with van der Waals surface area (Å²) in [4.78, 5) is 0. The van der Waals surface area contributed by atoms with Gasteiger partial charge in [-0.25, -0.2) is 0 Å². The van der Waals surface area contributed by atoms with Crippen LogP contribution in [0.5, 0.6) is 0 Å². The van der Waals surface area contributed by atoms with E-state index in [4.69, 9.17) is 4.43 Å². The van der Waals surface area contributed by atoms with Gasteiger partial charge in [-0.2, -0.15) is 0 Å². The molecule has 0 N–H and O–H groups in total. The molecule has 0 aromatic rings. The largest absolute Gasteiger partial charge is 0.417 e. The highest BCUT2D eigenvalue weighted by molar-refractivity contribution is 6.73. The normalized spacial score (nSPS) is 12.0. The standard InChI is InChI=1S/C20H44OSi/c1-5-9-12-15-18-22(21-8-4,19-16-13-10-6-2)20-17-14-11-7-3/h5-20H2,1-4H3. The van der Waals surface area contributed by atoms with E-state index >= 15 is 0 Å². The van der Waals surface area contributed by atoms with Crippen molar-refractivity contribution in [2.24, 2.45) is 0 Å². The summed E-state index contributed by atoms with van der Waals surface area (Å²) in [7, 11) is -1.45. The summed E-state index contributed by atoms with van der Waals surface area (Å²) in [6.07, 6.45) is 16.8. The van der Waals surface area contributed by atoms with Crippen LogP contribution in [0.15, 0.2) is 0 Å². The summed E-state index contributed by atoms with van der Waals surface area (Å²) < 4.78 is 6.51. The minimum Gasteiger partial charge on any atom is -0.417 e. The van der Waals surface area contributed by atoms with Gasteiger partial charge in [0.2, 0.25) is 0 Å². The van der Waals surface area contributed by atoms with Crippen LogP contribution in [-0.4, -0.2) is 14.9 Å². The molecule has 0 aromatic carbocycles. The van der Waals surface area contributed by atoms with Gasteiger partial charge in [-0.05, 0) is 25.1 Å². The van der Waals surface area contributed by atoms with Crippen LogP contribution in [0.4, 0.5) is 0 Å². The topological polar surface area (TPSA) is 9.23 Å². The van der Waals surface area contributed by atoms with E-state index < -0.39 is 8.32 Å². The molecule has 0 atom stereocenters. The van der Waals surface area contributed by atoms with E-state index in [1.807, 2.05) is 0 Å². The van der Waals surface area contributed by atoms with Crippen molar-refractivity contribution < 1.29 is 4.43 Å². The first kappa shape index (κ1) is 22.2. The highest BCUT2D eigenvalue weighted by atomic mass is 28.4. The smallest absolute Gasteiger partial charge is 0.192 e. The predicted octanol–water partition coefficient (Wildman–Crippen LogP) is 7.71. The molecule has 0 spiro atoms. The van der Waals surface area contributed by atoms with Crippen LogP contribution in [0.3, 0.4) is 0 Å². The van der Waals surface area contributed by atoms with Crippen molar-refractivity contribution in [1.29, 1.82) is 0 Å². The third kappa shape index (κ3) is 11.7. The van der Waals surface area contributed by atoms with Crippen LogP contribution < -0.4 is 0 Å². The first-order valence-electron chi connectivity index (χ1n) is 10.4. The maximum Gasteiger partial charge on any atom is 0.192 e. The van der Waals surface area contributed by atoms with Gasteiger partial charge in [0.05, 0.1) is 0 Å². The SMILES string of the molecule is CCCCCC[Si](CCCCCC)(CCCCCC)OCC. The van der Waals surface area contributed by atoms with Gasteiger partial charge in [0, 0.05) is 6.61 Å². The van der Waals surface area contributed by atoms with E-state index in [1.165, 1.54) is 95.2 Å². The molecule has 2 heteroatoms. The molecule has 0 heterocycles. The Morgan fingerprint density at radius 3 is 1.14 bits per heavy atom. The van der Waals surface area contributed by atoms with Crippen molar-refractivity contribution in [3.8, 4) is 0 Å². The molecule has 0 fully saturated rings. The zero-order valence-electron chi connectivity index (χ0n) is 16.2. The molecular weight excluding hydrogens is 284 g/mol. The van der Waals surface area contributed by atoms with Crippen molar-refractivity contribution in [2.45, 2.75) is 123 Å². The summed E-state index contributed by atoms with van der Waals surface area (Å²) in [6.45, 7) is 10.1. The predicted molar refractivity (Wildman–Crippen MR) is 104 cm³/mol. The van der Waals surface area contributed by atoms with Crippen LogP contribution in [0.2, 0.25) is 18.1 Å². The van der Waals surface area contributed by atoms with Crippen LogP contribution in [-0.2, 0) is 4.43 Å². The maximum atomic E-state index is 6.51. The Bertz CT molecular complexity index is 186. The average molecular weight is 329 g/mol. The highest BCUT2D eigenvalue weighted by Crippen LogP contribution is 2.30. The molecule has 1 nitrogen and oxygen atoms in total. The lowest BCUT2D eigenvalue weighted by atomic mass is 10.2. The van der Waals surface area contributed by atoms with Gasteiger partial charge in [-0.15, -0.1) is 0 Å². The number of unbranched alkanes of at least 4 members (excludes halogenated alkanes) is 9. The number of rotatable bonds is 17. The first-order valence-corrected chi connectivity index (χ1v) is 12.9. The molecule has 0 saturated heterocycles. The Kier molecular flexibility index (Phi) is 16.2. The molecule has 22 heavy (non-hydrogen) atoms. The van der Waals surface area contributed by atoms with Crippen molar-refractivity contribution in [1.82, 2.24) is 0 Å². The average Bonchev–Trinajstić information content (AvgIpc) is 2.53. The summed E-state index contributed by atoms with van der Waals surface area (Å²) in [6, 6.07) is 4.29. The number of hydrogen-bond acceptors (Lipinski definition) is 1. The van der Waals surface area contributed by atoms with Gasteiger partial charge in [-0.1, -0.05) is 97.8 Å². The zero-order chi connectivity index (χ0) is 16.5. The molecule has 0 rings (SSSR count). The van der Waals surface area contributed by atoms with E-state index in [2.05, 4.69) is 27.7 Å². The second-order valence-corrected chi connectivity index (χ2v) is 11.2. The molecule has 0 bridgehead atoms. The molecule has 0 aliphatic rings. The van der Waals surface area contributed by atoms with Crippen LogP contribution in [0.1, 0.15) is 105 Å². The number of hydrogen-bond donors (Lipinski definition) is 0. The van der Waals surface area contributed by atoms with Crippen molar-refractivity contribution in [2.75, 3.05) is 6.61 Å². The van der Waals surface area contributed by atoms with Crippen LogP contribution in [0.25, 0.3) is 0 Å². The van der Waals surface area contributed by atoms with E-state index in [9.17, 15) is 0 Å². The molecule has 0 aliphatic heterocycles. The summed E-state index contributed by atoms with van der Waals surface area (Å²) in [5, 5.41) is 0. The Balaban J connectivity index is 4.39. The molecular formula is C20H44OSi. The second kappa shape index (κ2) is 16.0. The van der Waals surface area contributed by atoms with Gasteiger partial charge < -0.3 is 4.43 Å².